The molecule has 1 atom stereocenters. The fourth-order valence-corrected chi connectivity index (χ4v) is 2.40. The average molecular weight is 196 g/mol. The maximum Gasteiger partial charge on any atom is 0.248 e. The number of nitrogens with one attached hydrogen (secondary N) is 1. The quantitative estimate of drug-likeness (QED) is 0.605. The molecule has 2 aliphatic rings. The van der Waals surface area contributed by atoms with E-state index in [0.29, 0.717) is 0 Å². The molecule has 0 aromatic heterocycles. The Bertz CT molecular complexity index is 282. The molecule has 0 radical (unpaired) electrons. The smallest absolute Gasteiger partial charge is 0.248 e. The highest BCUT2D eigenvalue weighted by molar-refractivity contribution is 5.99. The van der Waals surface area contributed by atoms with E-state index in [0.717, 1.165) is 25.7 Å². The lowest BCUT2D eigenvalue weighted by Crippen LogP contribution is -2.67. The molecular formula is C10H16N2O2. The molecule has 1 N–H and O–H groups in total. The Morgan fingerprint density at radius 3 is 2.50 bits per heavy atom. The van der Waals surface area contributed by atoms with Crippen LogP contribution in [0.4, 0.5) is 0 Å². The molecule has 0 aromatic rings. The highest BCUT2D eigenvalue weighted by Crippen LogP contribution is 2.33. The molecule has 2 amide bonds. The lowest BCUT2D eigenvalue weighted by Gasteiger charge is -2.41. The van der Waals surface area contributed by atoms with Crippen molar-refractivity contribution in [2.75, 3.05) is 7.05 Å². The number of hydrogen-bond acceptors (Lipinski definition) is 2. The first kappa shape index (κ1) is 9.49. The first-order valence-electron chi connectivity index (χ1n) is 5.16. The van der Waals surface area contributed by atoms with Gasteiger partial charge in [-0.25, -0.2) is 0 Å². The molecule has 1 aliphatic heterocycles. The summed E-state index contributed by atoms with van der Waals surface area (Å²) in [5, 5.41) is 2.89. The lowest BCUT2D eigenvalue weighted by atomic mass is 9.91. The van der Waals surface area contributed by atoms with Gasteiger partial charge in [-0.15, -0.1) is 0 Å². The summed E-state index contributed by atoms with van der Waals surface area (Å²) >= 11 is 0. The van der Waals surface area contributed by atoms with Crippen molar-refractivity contribution in [3.63, 3.8) is 0 Å². The number of hydrogen-bond donors (Lipinski definition) is 1. The van der Waals surface area contributed by atoms with Crippen LogP contribution in [0.1, 0.15) is 32.6 Å². The molecule has 0 unspecified atom stereocenters. The van der Waals surface area contributed by atoms with E-state index >= 15 is 0 Å². The molecule has 4 heteroatoms. The predicted octanol–water partition coefficient (Wildman–Crippen LogP) is 0.276. The van der Waals surface area contributed by atoms with Crippen LogP contribution in [-0.4, -0.2) is 35.3 Å². The Hall–Kier alpha value is -1.06. The average Bonchev–Trinajstić information content (AvgIpc) is 2.62. The topological polar surface area (TPSA) is 49.4 Å². The molecule has 1 saturated carbocycles. The number of amides is 2. The second-order valence-electron chi connectivity index (χ2n) is 4.37. The van der Waals surface area contributed by atoms with Gasteiger partial charge < -0.3 is 10.2 Å². The van der Waals surface area contributed by atoms with Gasteiger partial charge in [0.25, 0.3) is 0 Å². The third-order valence-electron chi connectivity index (χ3n) is 3.51. The zero-order valence-corrected chi connectivity index (χ0v) is 8.67. The first-order chi connectivity index (χ1) is 6.57. The molecule has 2 rings (SSSR count). The van der Waals surface area contributed by atoms with Crippen molar-refractivity contribution in [2.24, 2.45) is 0 Å². The Labute approximate surface area is 83.6 Å². The van der Waals surface area contributed by atoms with Gasteiger partial charge in [-0.1, -0.05) is 12.8 Å². The highest BCUT2D eigenvalue weighted by atomic mass is 16.2. The van der Waals surface area contributed by atoms with Crippen LogP contribution in [-0.2, 0) is 9.59 Å². The van der Waals surface area contributed by atoms with E-state index in [1.807, 2.05) is 0 Å². The summed E-state index contributed by atoms with van der Waals surface area (Å²) in [5.41, 5.74) is -0.557. The van der Waals surface area contributed by atoms with E-state index in [1.54, 1.807) is 18.9 Å². The molecule has 0 aromatic carbocycles. The van der Waals surface area contributed by atoms with E-state index in [1.165, 1.54) is 0 Å². The van der Waals surface area contributed by atoms with E-state index in [2.05, 4.69) is 5.32 Å². The summed E-state index contributed by atoms with van der Waals surface area (Å²) in [6.07, 6.45) is 3.67. The van der Waals surface area contributed by atoms with E-state index in [9.17, 15) is 9.59 Å². The summed E-state index contributed by atoms with van der Waals surface area (Å²) in [6, 6.07) is -0.325. The first-order valence-corrected chi connectivity index (χ1v) is 5.16. The summed E-state index contributed by atoms with van der Waals surface area (Å²) in [4.78, 5) is 25.2. The summed E-state index contributed by atoms with van der Waals surface area (Å²) < 4.78 is 0. The standard InChI is InChI=1S/C10H16N2O2/c1-7-8(13)11-10(5-3-4-6-10)9(14)12(7)2/h7H,3-6H2,1-2H3,(H,11,13)/t7-/m0/s1. The molecule has 0 bridgehead atoms. The predicted molar refractivity (Wildman–Crippen MR) is 51.6 cm³/mol. The number of carbonyl (C=O) groups excluding carboxylic acids is 2. The van der Waals surface area contributed by atoms with Gasteiger partial charge in [0.05, 0.1) is 0 Å². The van der Waals surface area contributed by atoms with Gasteiger partial charge in [-0.05, 0) is 19.8 Å². The molecule has 78 valence electrons. The van der Waals surface area contributed by atoms with Crippen molar-refractivity contribution in [1.82, 2.24) is 10.2 Å². The van der Waals surface area contributed by atoms with Crippen LogP contribution in [0.2, 0.25) is 0 Å². The van der Waals surface area contributed by atoms with Crippen LogP contribution in [0.15, 0.2) is 0 Å². The lowest BCUT2D eigenvalue weighted by molar-refractivity contribution is -0.152. The Kier molecular flexibility index (Phi) is 2.01. The van der Waals surface area contributed by atoms with Gasteiger partial charge >= 0.3 is 0 Å². The van der Waals surface area contributed by atoms with Crippen molar-refractivity contribution in [3.8, 4) is 0 Å². The molecule has 14 heavy (non-hydrogen) atoms. The minimum atomic E-state index is -0.557. The van der Waals surface area contributed by atoms with E-state index in [-0.39, 0.29) is 17.9 Å². The number of nitrogens with zero attached hydrogens (tertiary/aromatic N) is 1. The largest absolute Gasteiger partial charge is 0.340 e. The van der Waals surface area contributed by atoms with E-state index in [4.69, 9.17) is 0 Å². The van der Waals surface area contributed by atoms with Gasteiger partial charge in [0.2, 0.25) is 11.8 Å². The van der Waals surface area contributed by atoms with Gasteiger partial charge in [-0.3, -0.25) is 9.59 Å². The zero-order valence-electron chi connectivity index (χ0n) is 8.67. The van der Waals surface area contributed by atoms with Gasteiger partial charge in [-0.2, -0.15) is 0 Å². The minimum absolute atomic E-state index is 0.0194. The van der Waals surface area contributed by atoms with Crippen LogP contribution in [0.3, 0.4) is 0 Å². The second kappa shape index (κ2) is 2.97. The molecule has 4 nitrogen and oxygen atoms in total. The summed E-state index contributed by atoms with van der Waals surface area (Å²) in [5.74, 6) is 0.0658. The van der Waals surface area contributed by atoms with Gasteiger partial charge in [0.15, 0.2) is 0 Å². The number of rotatable bonds is 0. The van der Waals surface area contributed by atoms with Crippen LogP contribution >= 0.6 is 0 Å². The third kappa shape index (κ3) is 1.13. The minimum Gasteiger partial charge on any atom is -0.340 e. The SMILES string of the molecule is C[C@H]1C(=O)NC2(CCCC2)C(=O)N1C. The van der Waals surface area contributed by atoms with Gasteiger partial charge in [0, 0.05) is 7.05 Å². The normalized spacial score (nSPS) is 31.0. The van der Waals surface area contributed by atoms with Crippen LogP contribution in [0, 0.1) is 0 Å². The Balaban J connectivity index is 2.28. The summed E-state index contributed by atoms with van der Waals surface area (Å²) in [6.45, 7) is 1.76. The van der Waals surface area contributed by atoms with Crippen molar-refractivity contribution < 1.29 is 9.59 Å². The Morgan fingerprint density at radius 1 is 1.36 bits per heavy atom. The second-order valence-corrected chi connectivity index (χ2v) is 4.37. The molecule has 1 aliphatic carbocycles. The maximum atomic E-state index is 12.0. The third-order valence-corrected chi connectivity index (χ3v) is 3.51. The van der Waals surface area contributed by atoms with Crippen LogP contribution in [0.25, 0.3) is 0 Å². The molecular weight excluding hydrogens is 180 g/mol. The molecule has 1 saturated heterocycles. The van der Waals surface area contributed by atoms with Crippen molar-refractivity contribution >= 4 is 11.8 Å². The zero-order chi connectivity index (χ0) is 10.3. The Morgan fingerprint density at radius 2 is 1.93 bits per heavy atom. The molecule has 1 spiro atoms. The fourth-order valence-electron chi connectivity index (χ4n) is 2.40. The van der Waals surface area contributed by atoms with Crippen molar-refractivity contribution in [1.29, 1.82) is 0 Å². The molecule has 2 fully saturated rings. The fraction of sp³-hybridized carbons (Fsp3) is 0.800. The van der Waals surface area contributed by atoms with Gasteiger partial charge in [0.1, 0.15) is 11.6 Å². The number of likely N-dealkylation sites (N-methyl/N-ethyl adjacent to an activating group) is 1. The molecule has 1 heterocycles. The maximum absolute atomic E-state index is 12.0. The van der Waals surface area contributed by atoms with Crippen molar-refractivity contribution in [3.05, 3.63) is 0 Å². The highest BCUT2D eigenvalue weighted by Gasteiger charge is 2.49. The van der Waals surface area contributed by atoms with Crippen molar-refractivity contribution in [2.45, 2.75) is 44.2 Å². The van der Waals surface area contributed by atoms with E-state index < -0.39 is 5.54 Å². The summed E-state index contributed by atoms with van der Waals surface area (Å²) in [7, 11) is 1.71. The number of carbonyl (C=O) groups is 2. The number of piperazine rings is 1. The van der Waals surface area contributed by atoms with Crippen LogP contribution < -0.4 is 5.32 Å². The van der Waals surface area contributed by atoms with Crippen LogP contribution in [0.5, 0.6) is 0 Å². The monoisotopic (exact) mass is 196 g/mol.